The van der Waals surface area contributed by atoms with Crippen molar-refractivity contribution in [2.75, 3.05) is 0 Å². The monoisotopic (exact) mass is 176 g/mol. The lowest BCUT2D eigenvalue weighted by molar-refractivity contribution is 2.36. The van der Waals surface area contributed by atoms with Crippen LogP contribution in [0.4, 0.5) is 0 Å². The summed E-state index contributed by atoms with van der Waals surface area (Å²) >= 11 is 14.8. The lowest BCUT2D eigenvalue weighted by Gasteiger charge is -1.64. The van der Waals surface area contributed by atoms with Gasteiger partial charge in [0.15, 0.2) is 0 Å². The third-order valence-electron chi connectivity index (χ3n) is 0.0825. The van der Waals surface area contributed by atoms with Gasteiger partial charge in [-0.1, -0.05) is 41.3 Å². The number of halogens is 3. The van der Waals surface area contributed by atoms with Crippen LogP contribution in [0.3, 0.4) is 0 Å². The Morgan fingerprint density at radius 1 is 1.43 bits per heavy atom. The molecule has 4 heteroatoms. The maximum Gasteiger partial charge on any atom is 0.118 e. The highest BCUT2D eigenvalue weighted by atomic mass is 35.5. The molecule has 0 N–H and O–H groups in total. The summed E-state index contributed by atoms with van der Waals surface area (Å²) < 4.78 is 0.0895. The first-order valence-electron chi connectivity index (χ1n) is 1.88. The molecule has 0 aliphatic heterocycles. The molecule has 0 aliphatic carbocycles. The zero-order valence-electron chi connectivity index (χ0n) is 4.21. The van der Waals surface area contributed by atoms with Crippen molar-refractivity contribution < 1.29 is 0 Å². The molecule has 0 rings (SSSR count). The summed E-state index contributed by atoms with van der Waals surface area (Å²) in [6, 6.07) is 0. The van der Waals surface area contributed by atoms with E-state index in [2.05, 4.69) is 6.55 Å². The summed E-state index contributed by atoms with van der Waals surface area (Å²) in [7, 11) is 1.31. The second-order valence-electron chi connectivity index (χ2n) is 0.399. The molecule has 44 valence electrons. The highest BCUT2D eigenvalue weighted by molar-refractivity contribution is 6.58. The molecule has 0 atom stereocenters. The molecule has 0 aromatic heterocycles. The molecule has 0 bridgehead atoms. The SMILES string of the molecule is C[SiH3].ClC=C(Cl)Cl. The molecule has 0 radical (unpaired) electrons. The average Bonchev–Trinajstić information content (AvgIpc) is 1.73. The van der Waals surface area contributed by atoms with E-state index in [-0.39, 0.29) is 4.49 Å². The third kappa shape index (κ3) is 19.9. The molecule has 0 saturated carbocycles. The van der Waals surface area contributed by atoms with Gasteiger partial charge in [-0.15, -0.1) is 0 Å². The number of hydrogen-bond donors (Lipinski definition) is 0. The fourth-order valence-electron chi connectivity index (χ4n) is 0. The van der Waals surface area contributed by atoms with Gasteiger partial charge in [-0.05, 0) is 10.2 Å². The van der Waals surface area contributed by atoms with Crippen molar-refractivity contribution >= 4 is 45.0 Å². The first kappa shape index (κ1) is 10.7. The third-order valence-corrected chi connectivity index (χ3v) is 0.742. The van der Waals surface area contributed by atoms with Gasteiger partial charge in [-0.3, -0.25) is 0 Å². The molecule has 0 fully saturated rings. The molecule has 0 saturated heterocycles. The lowest BCUT2D eigenvalue weighted by Crippen LogP contribution is -1.33. The maximum absolute atomic E-state index is 4.96. The Bertz CT molecular complexity index is 48.1. The highest BCUT2D eigenvalue weighted by Crippen LogP contribution is 2.05. The smallest absolute Gasteiger partial charge is 0.0904 e. The maximum atomic E-state index is 4.96. The van der Waals surface area contributed by atoms with Crippen LogP contribution in [-0.4, -0.2) is 10.2 Å². The van der Waals surface area contributed by atoms with Crippen LogP contribution >= 0.6 is 34.8 Å². The van der Waals surface area contributed by atoms with E-state index in [1.807, 2.05) is 0 Å². The summed E-state index contributed by atoms with van der Waals surface area (Å²) in [6.07, 6.45) is 0. The minimum Gasteiger partial charge on any atom is -0.0904 e. The molecule has 7 heavy (non-hydrogen) atoms. The Morgan fingerprint density at radius 3 is 1.57 bits per heavy atom. The van der Waals surface area contributed by atoms with Gasteiger partial charge in [-0.2, -0.15) is 0 Å². The summed E-state index contributed by atoms with van der Waals surface area (Å²) in [5.41, 5.74) is 1.09. The minimum atomic E-state index is 0.0895. The van der Waals surface area contributed by atoms with Gasteiger partial charge in [-0.25, -0.2) is 0 Å². The molecular formula is C3H7Cl3Si. The Balaban J connectivity index is 0. The summed E-state index contributed by atoms with van der Waals surface area (Å²) in [6.45, 7) is 2.14. The van der Waals surface area contributed by atoms with Crippen molar-refractivity contribution in [1.82, 2.24) is 0 Å². The zero-order chi connectivity index (χ0) is 6.28. The van der Waals surface area contributed by atoms with Crippen LogP contribution in [0.15, 0.2) is 10.0 Å². The van der Waals surface area contributed by atoms with Crippen LogP contribution in [-0.2, 0) is 0 Å². The molecule has 0 aromatic carbocycles. The van der Waals surface area contributed by atoms with Crippen LogP contribution in [0.2, 0.25) is 6.55 Å². The quantitative estimate of drug-likeness (QED) is 0.496. The second kappa shape index (κ2) is 9.95. The van der Waals surface area contributed by atoms with Gasteiger partial charge in [0.1, 0.15) is 4.49 Å². The topological polar surface area (TPSA) is 0 Å². The van der Waals surface area contributed by atoms with Crippen molar-refractivity contribution in [1.29, 1.82) is 0 Å². The predicted molar refractivity (Wildman–Crippen MR) is 41.4 cm³/mol. The van der Waals surface area contributed by atoms with E-state index in [9.17, 15) is 0 Å². The van der Waals surface area contributed by atoms with E-state index >= 15 is 0 Å². The van der Waals surface area contributed by atoms with E-state index in [4.69, 9.17) is 34.8 Å². The van der Waals surface area contributed by atoms with Gasteiger partial charge < -0.3 is 0 Å². The van der Waals surface area contributed by atoms with E-state index in [1.54, 1.807) is 0 Å². The van der Waals surface area contributed by atoms with Gasteiger partial charge in [0.05, 0.1) is 0 Å². The molecule has 0 aromatic rings. The van der Waals surface area contributed by atoms with Crippen LogP contribution in [0.25, 0.3) is 0 Å². The average molecular weight is 178 g/mol. The Hall–Kier alpha value is 0.827. The first-order chi connectivity index (χ1) is 3.27. The van der Waals surface area contributed by atoms with Crippen molar-refractivity contribution in [3.05, 3.63) is 10.0 Å². The number of hydrogen-bond acceptors (Lipinski definition) is 0. The van der Waals surface area contributed by atoms with Crippen molar-refractivity contribution in [2.24, 2.45) is 0 Å². The first-order valence-corrected chi connectivity index (χ1v) is 5.08. The normalized spacial score (nSPS) is 6.29. The second-order valence-corrected chi connectivity index (χ2v) is 1.62. The van der Waals surface area contributed by atoms with Gasteiger partial charge in [0.25, 0.3) is 0 Å². The summed E-state index contributed by atoms with van der Waals surface area (Å²) in [5.74, 6) is 0. The lowest BCUT2D eigenvalue weighted by atomic mass is 11.2. The van der Waals surface area contributed by atoms with E-state index in [0.717, 1.165) is 5.54 Å². The molecule has 0 heterocycles. The Kier molecular flexibility index (Phi) is 15.3. The van der Waals surface area contributed by atoms with Gasteiger partial charge in [0, 0.05) is 5.54 Å². The molecule has 0 amide bonds. The summed E-state index contributed by atoms with van der Waals surface area (Å²) in [4.78, 5) is 0. The fraction of sp³-hybridized carbons (Fsp3) is 0.333. The van der Waals surface area contributed by atoms with Crippen LogP contribution in [0, 0.1) is 0 Å². The van der Waals surface area contributed by atoms with Gasteiger partial charge >= 0.3 is 0 Å². The van der Waals surface area contributed by atoms with Crippen molar-refractivity contribution in [3.8, 4) is 0 Å². The Labute approximate surface area is 61.9 Å². The molecule has 0 nitrogen and oxygen atoms in total. The van der Waals surface area contributed by atoms with Crippen LogP contribution < -0.4 is 0 Å². The van der Waals surface area contributed by atoms with Crippen LogP contribution in [0.1, 0.15) is 0 Å². The van der Waals surface area contributed by atoms with Crippen molar-refractivity contribution in [3.63, 3.8) is 0 Å². The number of rotatable bonds is 0. The van der Waals surface area contributed by atoms with Crippen LogP contribution in [0.5, 0.6) is 0 Å². The predicted octanol–water partition coefficient (Wildman–Crippen LogP) is 1.90. The van der Waals surface area contributed by atoms with E-state index in [0.29, 0.717) is 0 Å². The highest BCUT2D eigenvalue weighted by Gasteiger charge is 1.70. The standard InChI is InChI=1S/C2HCl3.CH6Si/c3-1-2(4)5;1-2/h1H;1-2H3. The molecule has 0 aliphatic rings. The zero-order valence-corrected chi connectivity index (χ0v) is 8.48. The molecular weight excluding hydrogens is 170 g/mol. The molecule has 0 unspecified atom stereocenters. The van der Waals surface area contributed by atoms with Gasteiger partial charge in [0.2, 0.25) is 0 Å². The van der Waals surface area contributed by atoms with E-state index in [1.165, 1.54) is 10.2 Å². The fourth-order valence-corrected chi connectivity index (χ4v) is 0. The minimum absolute atomic E-state index is 0.0895. The molecule has 0 spiro atoms. The summed E-state index contributed by atoms with van der Waals surface area (Å²) in [5, 5.41) is 0. The largest absolute Gasteiger partial charge is 0.118 e. The van der Waals surface area contributed by atoms with Crippen molar-refractivity contribution in [2.45, 2.75) is 6.55 Å². The Morgan fingerprint density at radius 2 is 1.57 bits per heavy atom. The van der Waals surface area contributed by atoms with E-state index < -0.39 is 0 Å².